The summed E-state index contributed by atoms with van der Waals surface area (Å²) >= 11 is 0. The molecule has 0 aromatic carbocycles. The van der Waals surface area contributed by atoms with Crippen molar-refractivity contribution < 1.29 is 4.74 Å². The molecule has 2 aliphatic heterocycles. The monoisotopic (exact) mass is 303 g/mol. The van der Waals surface area contributed by atoms with Gasteiger partial charge in [0.15, 0.2) is 0 Å². The van der Waals surface area contributed by atoms with Crippen molar-refractivity contribution in [2.45, 2.75) is 52.1 Å². The lowest BCUT2D eigenvalue weighted by molar-refractivity contribution is 0.0170. The zero-order chi connectivity index (χ0) is 15.4. The second kappa shape index (κ2) is 6.97. The molecule has 0 aliphatic carbocycles. The molecule has 0 unspecified atom stereocenters. The van der Waals surface area contributed by atoms with E-state index in [0.717, 1.165) is 51.3 Å². The second-order valence-corrected chi connectivity index (χ2v) is 7.47. The minimum Gasteiger partial charge on any atom is -0.376 e. The van der Waals surface area contributed by atoms with Gasteiger partial charge in [0, 0.05) is 31.9 Å². The number of nitrogens with zero attached hydrogens (tertiary/aromatic N) is 1. The zero-order valence-corrected chi connectivity index (χ0v) is 14.0. The van der Waals surface area contributed by atoms with E-state index in [2.05, 4.69) is 36.6 Å². The molecule has 1 aromatic rings. The van der Waals surface area contributed by atoms with Crippen molar-refractivity contribution in [3.05, 3.63) is 23.4 Å². The van der Waals surface area contributed by atoms with Gasteiger partial charge in [0.25, 0.3) is 0 Å². The van der Waals surface area contributed by atoms with Crippen LogP contribution in [0.1, 0.15) is 44.4 Å². The molecule has 1 fully saturated rings. The van der Waals surface area contributed by atoms with Gasteiger partial charge in [0.1, 0.15) is 5.82 Å². The average molecular weight is 303 g/mol. The summed E-state index contributed by atoms with van der Waals surface area (Å²) < 4.78 is 5.74. The number of ether oxygens (including phenoxy) is 1. The van der Waals surface area contributed by atoms with Gasteiger partial charge in [-0.25, -0.2) is 4.98 Å². The first-order valence-corrected chi connectivity index (χ1v) is 8.67. The number of hydrogen-bond acceptors (Lipinski definition) is 4. The Kier molecular flexibility index (Phi) is 4.99. The summed E-state index contributed by atoms with van der Waals surface area (Å²) in [5.41, 5.74) is 2.92. The minimum absolute atomic E-state index is 0.339. The van der Waals surface area contributed by atoms with Crippen molar-refractivity contribution in [3.8, 4) is 0 Å². The first-order valence-electron chi connectivity index (χ1n) is 8.67. The zero-order valence-electron chi connectivity index (χ0n) is 14.0. The fourth-order valence-corrected chi connectivity index (χ4v) is 3.08. The molecule has 2 N–H and O–H groups in total. The molecule has 4 heteroatoms. The highest BCUT2D eigenvalue weighted by Crippen LogP contribution is 2.31. The lowest BCUT2D eigenvalue weighted by Crippen LogP contribution is -2.48. The molecule has 0 radical (unpaired) electrons. The van der Waals surface area contributed by atoms with Crippen LogP contribution in [0, 0.1) is 5.41 Å². The summed E-state index contributed by atoms with van der Waals surface area (Å²) in [4.78, 5) is 4.80. The van der Waals surface area contributed by atoms with E-state index in [1.807, 2.05) is 0 Å². The largest absolute Gasteiger partial charge is 0.376 e. The van der Waals surface area contributed by atoms with E-state index >= 15 is 0 Å². The van der Waals surface area contributed by atoms with Gasteiger partial charge >= 0.3 is 0 Å². The van der Waals surface area contributed by atoms with Crippen LogP contribution in [0.3, 0.4) is 0 Å². The number of aryl methyl sites for hydroxylation is 1. The Bertz CT molecular complexity index is 497. The van der Waals surface area contributed by atoms with Gasteiger partial charge in [-0.1, -0.05) is 26.3 Å². The molecular formula is C18H29N3O. The molecule has 3 rings (SSSR count). The maximum Gasteiger partial charge on any atom is 0.129 e. The van der Waals surface area contributed by atoms with Crippen molar-refractivity contribution >= 4 is 5.82 Å². The highest BCUT2D eigenvalue weighted by atomic mass is 16.5. The predicted octanol–water partition coefficient (Wildman–Crippen LogP) is 2.78. The van der Waals surface area contributed by atoms with Crippen LogP contribution in [0.4, 0.5) is 5.82 Å². The Hall–Kier alpha value is -1.13. The Morgan fingerprint density at radius 2 is 2.09 bits per heavy atom. The molecule has 0 atom stereocenters. The lowest BCUT2D eigenvalue weighted by Gasteiger charge is -2.31. The fourth-order valence-electron chi connectivity index (χ4n) is 3.08. The van der Waals surface area contributed by atoms with E-state index in [4.69, 9.17) is 9.72 Å². The second-order valence-electron chi connectivity index (χ2n) is 7.47. The highest BCUT2D eigenvalue weighted by Gasteiger charge is 2.25. The number of nitrogens with one attached hydrogen (secondary N) is 2. The molecule has 22 heavy (non-hydrogen) atoms. The number of unbranched alkanes of at least 4 members (excludes halogenated alkanes) is 2. The maximum atomic E-state index is 5.74. The summed E-state index contributed by atoms with van der Waals surface area (Å²) in [7, 11) is 0. The molecule has 0 amide bonds. The lowest BCUT2D eigenvalue weighted by atomic mass is 9.83. The van der Waals surface area contributed by atoms with Gasteiger partial charge in [0.2, 0.25) is 0 Å². The SMILES string of the molecule is CC1(C)CNc2nc(CCCCCOC3CNC3)ccc2C1. The number of fused-ring (bicyclic) bond motifs is 1. The normalized spacial score (nSPS) is 20.1. The molecule has 0 bridgehead atoms. The molecule has 0 spiro atoms. The van der Waals surface area contributed by atoms with Gasteiger partial charge in [-0.2, -0.15) is 0 Å². The first-order chi connectivity index (χ1) is 10.6. The van der Waals surface area contributed by atoms with Gasteiger partial charge in [-0.05, 0) is 42.7 Å². The van der Waals surface area contributed by atoms with E-state index in [9.17, 15) is 0 Å². The Labute approximate surface area is 134 Å². The van der Waals surface area contributed by atoms with Crippen LogP contribution < -0.4 is 10.6 Å². The van der Waals surface area contributed by atoms with Gasteiger partial charge < -0.3 is 15.4 Å². The summed E-state index contributed by atoms with van der Waals surface area (Å²) in [5, 5.41) is 6.72. The number of hydrogen-bond donors (Lipinski definition) is 2. The van der Waals surface area contributed by atoms with E-state index in [-0.39, 0.29) is 0 Å². The number of rotatable bonds is 7. The highest BCUT2D eigenvalue weighted by molar-refractivity contribution is 5.48. The van der Waals surface area contributed by atoms with E-state index in [1.54, 1.807) is 0 Å². The predicted molar refractivity (Wildman–Crippen MR) is 90.4 cm³/mol. The van der Waals surface area contributed by atoms with Crippen LogP contribution in [0.15, 0.2) is 12.1 Å². The standard InChI is InChI=1S/C18H29N3O/c1-18(2)10-14-7-8-15(21-17(14)20-13-18)6-4-3-5-9-22-16-11-19-12-16/h7-8,16,19H,3-6,9-13H2,1-2H3,(H,20,21). The van der Waals surface area contributed by atoms with Gasteiger partial charge in [-0.3, -0.25) is 0 Å². The summed E-state index contributed by atoms with van der Waals surface area (Å²) in [5.74, 6) is 1.11. The maximum absolute atomic E-state index is 5.74. The summed E-state index contributed by atoms with van der Waals surface area (Å²) in [6.45, 7) is 8.59. The quantitative estimate of drug-likeness (QED) is 0.760. The fraction of sp³-hybridized carbons (Fsp3) is 0.722. The molecule has 122 valence electrons. The van der Waals surface area contributed by atoms with Gasteiger partial charge in [0.05, 0.1) is 6.10 Å². The minimum atomic E-state index is 0.339. The topological polar surface area (TPSA) is 46.2 Å². The third kappa shape index (κ3) is 4.20. The van der Waals surface area contributed by atoms with Crippen molar-refractivity contribution in [2.75, 3.05) is 31.6 Å². The van der Waals surface area contributed by atoms with Crippen LogP contribution in [0.5, 0.6) is 0 Å². The van der Waals surface area contributed by atoms with Crippen molar-refractivity contribution in [3.63, 3.8) is 0 Å². The van der Waals surface area contributed by atoms with Crippen molar-refractivity contribution in [1.29, 1.82) is 0 Å². The molecule has 1 aromatic heterocycles. The summed E-state index contributed by atoms with van der Waals surface area (Å²) in [6.07, 6.45) is 6.24. The van der Waals surface area contributed by atoms with Crippen molar-refractivity contribution in [2.24, 2.45) is 5.41 Å². The third-order valence-corrected chi connectivity index (χ3v) is 4.61. The molecule has 0 saturated carbocycles. The van der Waals surface area contributed by atoms with E-state index in [1.165, 1.54) is 24.1 Å². The molecule has 1 saturated heterocycles. The number of pyridine rings is 1. The van der Waals surface area contributed by atoms with Crippen LogP contribution in [0.25, 0.3) is 0 Å². The van der Waals surface area contributed by atoms with Crippen LogP contribution in [-0.2, 0) is 17.6 Å². The van der Waals surface area contributed by atoms with Gasteiger partial charge in [-0.15, -0.1) is 0 Å². The van der Waals surface area contributed by atoms with Crippen molar-refractivity contribution in [1.82, 2.24) is 10.3 Å². The Balaban J connectivity index is 1.38. The van der Waals surface area contributed by atoms with E-state index < -0.39 is 0 Å². The first kappa shape index (κ1) is 15.8. The molecule has 2 aliphatic rings. The Morgan fingerprint density at radius 1 is 1.23 bits per heavy atom. The molecule has 4 nitrogen and oxygen atoms in total. The van der Waals surface area contributed by atoms with E-state index in [0.29, 0.717) is 11.5 Å². The molecular weight excluding hydrogens is 274 g/mol. The van der Waals surface area contributed by atoms with Crippen LogP contribution in [0.2, 0.25) is 0 Å². The number of anilines is 1. The number of aromatic nitrogens is 1. The average Bonchev–Trinajstić information content (AvgIpc) is 2.44. The Morgan fingerprint density at radius 3 is 2.86 bits per heavy atom. The molecule has 3 heterocycles. The van der Waals surface area contributed by atoms with Crippen LogP contribution >= 0.6 is 0 Å². The summed E-state index contributed by atoms with van der Waals surface area (Å²) in [6, 6.07) is 4.47. The third-order valence-electron chi connectivity index (χ3n) is 4.61. The van der Waals surface area contributed by atoms with Crippen LogP contribution in [-0.4, -0.2) is 37.3 Å². The smallest absolute Gasteiger partial charge is 0.129 e.